The molecular weight excluding hydrogens is 294 g/mol. The molecule has 0 aliphatic carbocycles. The number of rotatable bonds is 3. The van der Waals surface area contributed by atoms with E-state index >= 15 is 0 Å². The van der Waals surface area contributed by atoms with Gasteiger partial charge in [-0.05, 0) is 53.1 Å². The molecular formula is C17H27N3O3. The summed E-state index contributed by atoms with van der Waals surface area (Å²) in [5.41, 5.74) is 1.14. The molecule has 128 valence electrons. The number of hydrogen-bond acceptors (Lipinski definition) is 5. The first-order valence-electron chi connectivity index (χ1n) is 7.80. The molecule has 0 spiro atoms. The lowest BCUT2D eigenvalue weighted by molar-refractivity contribution is 0.0636. The number of hydrogen-bond donors (Lipinski definition) is 1. The average Bonchev–Trinajstić information content (AvgIpc) is 2.36. The van der Waals surface area contributed by atoms with E-state index in [9.17, 15) is 4.79 Å². The number of nitrogens with zero attached hydrogens (tertiary/aromatic N) is 2. The number of benzene rings is 1. The summed E-state index contributed by atoms with van der Waals surface area (Å²) in [6.45, 7) is 7.19. The molecule has 6 nitrogen and oxygen atoms in total. The van der Waals surface area contributed by atoms with Gasteiger partial charge in [0.15, 0.2) is 0 Å². The van der Waals surface area contributed by atoms with Gasteiger partial charge < -0.3 is 19.3 Å². The van der Waals surface area contributed by atoms with Crippen LogP contribution in [0.1, 0.15) is 20.8 Å². The molecule has 1 aliphatic rings. The number of amides is 1. The Morgan fingerprint density at radius 1 is 1.43 bits per heavy atom. The molecule has 0 bridgehead atoms. The van der Waals surface area contributed by atoms with Crippen molar-refractivity contribution in [1.82, 2.24) is 4.90 Å². The van der Waals surface area contributed by atoms with Crippen LogP contribution in [0.25, 0.3) is 0 Å². The maximum Gasteiger partial charge on any atom is 0.412 e. The molecule has 23 heavy (non-hydrogen) atoms. The molecule has 1 aromatic carbocycles. The summed E-state index contributed by atoms with van der Waals surface area (Å²) >= 11 is 0. The molecule has 1 heterocycles. The first-order valence-corrected chi connectivity index (χ1v) is 7.80. The van der Waals surface area contributed by atoms with E-state index in [0.717, 1.165) is 24.5 Å². The lowest BCUT2D eigenvalue weighted by Crippen LogP contribution is -2.43. The minimum Gasteiger partial charge on any atom is -0.485 e. The fourth-order valence-corrected chi connectivity index (χ4v) is 2.54. The Kier molecular flexibility index (Phi) is 5.04. The molecule has 1 amide bonds. The van der Waals surface area contributed by atoms with E-state index in [1.165, 1.54) is 0 Å². The second-order valence-corrected chi connectivity index (χ2v) is 7.19. The van der Waals surface area contributed by atoms with Crippen LogP contribution in [-0.2, 0) is 4.74 Å². The van der Waals surface area contributed by atoms with E-state index < -0.39 is 11.7 Å². The summed E-state index contributed by atoms with van der Waals surface area (Å²) in [6, 6.07) is 5.63. The number of carbonyl (C=O) groups excluding carboxylic acids is 1. The van der Waals surface area contributed by atoms with Crippen LogP contribution in [-0.4, -0.2) is 56.9 Å². The fourth-order valence-electron chi connectivity index (χ4n) is 2.54. The van der Waals surface area contributed by atoms with Gasteiger partial charge in [-0.3, -0.25) is 5.32 Å². The van der Waals surface area contributed by atoms with E-state index in [0.29, 0.717) is 5.69 Å². The van der Waals surface area contributed by atoms with Crippen LogP contribution in [0.4, 0.5) is 16.2 Å². The van der Waals surface area contributed by atoms with Gasteiger partial charge in [0.05, 0.1) is 12.2 Å². The first-order chi connectivity index (χ1) is 10.6. The van der Waals surface area contributed by atoms with Gasteiger partial charge in [-0.2, -0.15) is 0 Å². The van der Waals surface area contributed by atoms with Crippen molar-refractivity contribution >= 4 is 17.5 Å². The Morgan fingerprint density at radius 3 is 2.74 bits per heavy atom. The Labute approximate surface area is 138 Å². The standard InChI is InChI=1S/C17H27N3O3/c1-17(2,3)23-16(21)18-12-7-8-15-14(9-12)20(6)11-13(22-15)10-19(4)5/h7-9,13H,10-11H2,1-6H3,(H,18,21). The van der Waals surface area contributed by atoms with Gasteiger partial charge >= 0.3 is 6.09 Å². The number of nitrogens with one attached hydrogen (secondary N) is 1. The molecule has 1 aliphatic heterocycles. The second-order valence-electron chi connectivity index (χ2n) is 7.19. The molecule has 0 aromatic heterocycles. The lowest BCUT2D eigenvalue weighted by atomic mass is 10.1. The van der Waals surface area contributed by atoms with Crippen molar-refractivity contribution in [3.8, 4) is 5.75 Å². The van der Waals surface area contributed by atoms with E-state index in [4.69, 9.17) is 9.47 Å². The van der Waals surface area contributed by atoms with Crippen LogP contribution >= 0.6 is 0 Å². The maximum absolute atomic E-state index is 11.9. The molecule has 1 aromatic rings. The van der Waals surface area contributed by atoms with Crippen LogP contribution in [0, 0.1) is 0 Å². The zero-order valence-electron chi connectivity index (χ0n) is 14.8. The molecule has 0 fully saturated rings. The number of ether oxygens (including phenoxy) is 2. The van der Waals surface area contributed by atoms with Gasteiger partial charge in [0.25, 0.3) is 0 Å². The molecule has 6 heteroatoms. The van der Waals surface area contributed by atoms with Gasteiger partial charge in [-0.15, -0.1) is 0 Å². The van der Waals surface area contributed by atoms with Gasteiger partial charge in [0.2, 0.25) is 0 Å². The van der Waals surface area contributed by atoms with E-state index in [1.54, 1.807) is 0 Å². The quantitative estimate of drug-likeness (QED) is 0.928. The summed E-state index contributed by atoms with van der Waals surface area (Å²) in [5.74, 6) is 0.834. The molecule has 1 unspecified atom stereocenters. The van der Waals surface area contributed by atoms with Crippen LogP contribution in [0.2, 0.25) is 0 Å². The van der Waals surface area contributed by atoms with Crippen molar-refractivity contribution in [2.45, 2.75) is 32.5 Å². The third-order valence-corrected chi connectivity index (χ3v) is 3.36. The van der Waals surface area contributed by atoms with Crippen molar-refractivity contribution in [1.29, 1.82) is 0 Å². The Hall–Kier alpha value is -1.95. The van der Waals surface area contributed by atoms with E-state index in [-0.39, 0.29) is 6.10 Å². The second kappa shape index (κ2) is 6.66. The van der Waals surface area contributed by atoms with Crippen LogP contribution in [0.15, 0.2) is 18.2 Å². The third-order valence-electron chi connectivity index (χ3n) is 3.36. The van der Waals surface area contributed by atoms with Crippen LogP contribution in [0.5, 0.6) is 5.75 Å². The van der Waals surface area contributed by atoms with Crippen LogP contribution < -0.4 is 15.0 Å². The average molecular weight is 321 g/mol. The maximum atomic E-state index is 11.9. The lowest BCUT2D eigenvalue weighted by Gasteiger charge is -2.35. The summed E-state index contributed by atoms with van der Waals surface area (Å²) in [4.78, 5) is 16.1. The van der Waals surface area contributed by atoms with Gasteiger partial charge in [0.1, 0.15) is 17.5 Å². The molecule has 0 saturated carbocycles. The van der Waals surface area contributed by atoms with Crippen LogP contribution in [0.3, 0.4) is 0 Å². The van der Waals surface area contributed by atoms with Gasteiger partial charge in [-0.1, -0.05) is 0 Å². The number of likely N-dealkylation sites (N-methyl/N-ethyl adjacent to an activating group) is 2. The van der Waals surface area contributed by atoms with Crippen molar-refractivity contribution in [2.75, 3.05) is 44.4 Å². The number of carbonyl (C=O) groups is 1. The summed E-state index contributed by atoms with van der Waals surface area (Å²) < 4.78 is 11.3. The summed E-state index contributed by atoms with van der Waals surface area (Å²) in [7, 11) is 6.10. The number of fused-ring (bicyclic) bond motifs is 1. The van der Waals surface area contributed by atoms with Gasteiger partial charge in [-0.25, -0.2) is 4.79 Å². The summed E-state index contributed by atoms with van der Waals surface area (Å²) in [5, 5.41) is 2.76. The SMILES string of the molecule is CN(C)CC1CN(C)c2cc(NC(=O)OC(C)(C)C)ccc2O1. The summed E-state index contributed by atoms with van der Waals surface area (Å²) in [6.07, 6.45) is -0.325. The number of anilines is 2. The third kappa shape index (κ3) is 5.03. The Balaban J connectivity index is 2.08. The minimum absolute atomic E-state index is 0.132. The largest absolute Gasteiger partial charge is 0.485 e. The highest BCUT2D eigenvalue weighted by Gasteiger charge is 2.24. The highest BCUT2D eigenvalue weighted by molar-refractivity contribution is 5.86. The zero-order chi connectivity index (χ0) is 17.2. The highest BCUT2D eigenvalue weighted by atomic mass is 16.6. The smallest absolute Gasteiger partial charge is 0.412 e. The van der Waals surface area contributed by atoms with Crippen molar-refractivity contribution in [3.05, 3.63) is 18.2 Å². The van der Waals surface area contributed by atoms with Crippen molar-refractivity contribution in [2.24, 2.45) is 0 Å². The monoisotopic (exact) mass is 321 g/mol. The van der Waals surface area contributed by atoms with E-state index in [2.05, 4.69) is 15.1 Å². The molecule has 1 N–H and O–H groups in total. The zero-order valence-corrected chi connectivity index (χ0v) is 14.8. The fraction of sp³-hybridized carbons (Fsp3) is 0.588. The van der Waals surface area contributed by atoms with Crippen molar-refractivity contribution in [3.63, 3.8) is 0 Å². The molecule has 2 rings (SSSR count). The normalized spacial score (nSPS) is 17.5. The minimum atomic E-state index is -0.516. The van der Waals surface area contributed by atoms with Crippen molar-refractivity contribution < 1.29 is 14.3 Å². The molecule has 0 saturated heterocycles. The highest BCUT2D eigenvalue weighted by Crippen LogP contribution is 2.35. The predicted molar refractivity (Wildman–Crippen MR) is 92.5 cm³/mol. The van der Waals surface area contributed by atoms with E-state index in [1.807, 2.05) is 60.1 Å². The molecule has 1 atom stereocenters. The topological polar surface area (TPSA) is 54.0 Å². The Morgan fingerprint density at radius 2 is 2.13 bits per heavy atom. The Bertz CT molecular complexity index is 567. The molecule has 0 radical (unpaired) electrons. The first kappa shape index (κ1) is 17.4. The predicted octanol–water partition coefficient (Wildman–Crippen LogP) is 2.79. The van der Waals surface area contributed by atoms with Gasteiger partial charge in [0, 0.05) is 19.3 Å².